The largest absolute Gasteiger partial charge is 0.388 e. The summed E-state index contributed by atoms with van der Waals surface area (Å²) in [6, 6.07) is 4.39. The normalized spacial score (nSPS) is 20.3. The zero-order valence-corrected chi connectivity index (χ0v) is 10.5. The van der Waals surface area contributed by atoms with Gasteiger partial charge in [-0.25, -0.2) is 0 Å². The number of aliphatic hydroxyl groups is 1. The molecule has 2 aromatic rings. The van der Waals surface area contributed by atoms with Gasteiger partial charge in [-0.05, 0) is 50.3 Å². The lowest BCUT2D eigenvalue weighted by atomic mass is 9.99. The average molecular weight is 229 g/mol. The van der Waals surface area contributed by atoms with Crippen LogP contribution in [0.5, 0.6) is 0 Å². The maximum Gasteiger partial charge on any atom is 0.0813 e. The predicted molar refractivity (Wildman–Crippen MR) is 70.3 cm³/mol. The van der Waals surface area contributed by atoms with Crippen molar-refractivity contribution in [2.24, 2.45) is 0 Å². The minimum absolute atomic E-state index is 0.289. The Hall–Kier alpha value is -1.28. The number of fused-ring (bicyclic) bond motifs is 3. The summed E-state index contributed by atoms with van der Waals surface area (Å²) in [6.45, 7) is 4.26. The standard InChI is InChI=1S/C15H19NO/c1-9-7-10(2)14-12(8-9)16-11-5-3-4-6-13(17)15(11)14/h7-8,13,16-17H,3-6H2,1-2H3. The minimum atomic E-state index is -0.289. The molecule has 0 fully saturated rings. The molecule has 0 bridgehead atoms. The summed E-state index contributed by atoms with van der Waals surface area (Å²) in [5.74, 6) is 0. The second-order valence-electron chi connectivity index (χ2n) is 5.28. The number of hydrogen-bond acceptors (Lipinski definition) is 1. The topological polar surface area (TPSA) is 36.0 Å². The van der Waals surface area contributed by atoms with E-state index in [0.717, 1.165) is 24.8 Å². The van der Waals surface area contributed by atoms with Crippen molar-refractivity contribution in [1.29, 1.82) is 0 Å². The van der Waals surface area contributed by atoms with Crippen molar-refractivity contribution in [3.8, 4) is 0 Å². The molecule has 1 heterocycles. The third kappa shape index (κ3) is 1.67. The first kappa shape index (κ1) is 10.8. The van der Waals surface area contributed by atoms with E-state index in [1.807, 2.05) is 0 Å². The highest BCUT2D eigenvalue weighted by Crippen LogP contribution is 2.36. The molecule has 0 saturated carbocycles. The maximum absolute atomic E-state index is 10.3. The van der Waals surface area contributed by atoms with Gasteiger partial charge in [0, 0.05) is 22.2 Å². The molecular formula is C15H19NO. The van der Waals surface area contributed by atoms with E-state index in [0.29, 0.717) is 0 Å². The number of aromatic amines is 1. The van der Waals surface area contributed by atoms with E-state index in [1.165, 1.54) is 34.1 Å². The predicted octanol–water partition coefficient (Wildman–Crippen LogP) is 3.54. The molecule has 1 aromatic carbocycles. The fourth-order valence-electron chi connectivity index (χ4n) is 3.15. The van der Waals surface area contributed by atoms with Crippen LogP contribution in [-0.2, 0) is 6.42 Å². The van der Waals surface area contributed by atoms with Gasteiger partial charge in [-0.15, -0.1) is 0 Å². The van der Waals surface area contributed by atoms with Gasteiger partial charge in [-0.2, -0.15) is 0 Å². The van der Waals surface area contributed by atoms with Crippen molar-refractivity contribution < 1.29 is 5.11 Å². The number of nitrogens with one attached hydrogen (secondary N) is 1. The van der Waals surface area contributed by atoms with E-state index in [1.54, 1.807) is 0 Å². The molecule has 0 spiro atoms. The highest BCUT2D eigenvalue weighted by molar-refractivity contribution is 5.89. The van der Waals surface area contributed by atoms with Gasteiger partial charge in [0.2, 0.25) is 0 Å². The molecule has 0 amide bonds. The Balaban J connectivity index is 2.33. The van der Waals surface area contributed by atoms with Crippen LogP contribution in [0.3, 0.4) is 0 Å². The zero-order chi connectivity index (χ0) is 12.0. The van der Waals surface area contributed by atoms with Crippen molar-refractivity contribution in [3.05, 3.63) is 34.5 Å². The summed E-state index contributed by atoms with van der Waals surface area (Å²) in [6.07, 6.45) is 3.97. The Morgan fingerprint density at radius 2 is 2.06 bits per heavy atom. The Labute approximate surface area is 102 Å². The van der Waals surface area contributed by atoms with Gasteiger partial charge in [0.05, 0.1) is 6.10 Å². The van der Waals surface area contributed by atoms with E-state index >= 15 is 0 Å². The first-order valence-corrected chi connectivity index (χ1v) is 6.46. The van der Waals surface area contributed by atoms with E-state index in [9.17, 15) is 5.11 Å². The van der Waals surface area contributed by atoms with E-state index < -0.39 is 0 Å². The molecule has 0 saturated heterocycles. The first-order chi connectivity index (χ1) is 8.16. The lowest BCUT2D eigenvalue weighted by Crippen LogP contribution is -1.97. The monoisotopic (exact) mass is 229 g/mol. The number of hydrogen-bond donors (Lipinski definition) is 2. The van der Waals surface area contributed by atoms with Crippen molar-refractivity contribution >= 4 is 10.9 Å². The van der Waals surface area contributed by atoms with Crippen LogP contribution in [0.2, 0.25) is 0 Å². The van der Waals surface area contributed by atoms with Crippen molar-refractivity contribution in [2.75, 3.05) is 0 Å². The highest BCUT2D eigenvalue weighted by Gasteiger charge is 2.22. The molecule has 2 heteroatoms. The molecule has 3 rings (SSSR count). The fourth-order valence-corrected chi connectivity index (χ4v) is 3.15. The number of aliphatic hydroxyl groups excluding tert-OH is 1. The minimum Gasteiger partial charge on any atom is -0.388 e. The van der Waals surface area contributed by atoms with E-state index in [-0.39, 0.29) is 6.10 Å². The second kappa shape index (κ2) is 3.88. The zero-order valence-electron chi connectivity index (χ0n) is 10.5. The third-order valence-corrected chi connectivity index (χ3v) is 3.85. The van der Waals surface area contributed by atoms with Crippen LogP contribution in [0.4, 0.5) is 0 Å². The van der Waals surface area contributed by atoms with Crippen LogP contribution < -0.4 is 0 Å². The van der Waals surface area contributed by atoms with Crippen LogP contribution in [-0.4, -0.2) is 10.1 Å². The van der Waals surface area contributed by atoms with Gasteiger partial charge >= 0.3 is 0 Å². The molecule has 17 heavy (non-hydrogen) atoms. The molecule has 1 aliphatic carbocycles. The summed E-state index contributed by atoms with van der Waals surface area (Å²) in [5, 5.41) is 11.6. The Morgan fingerprint density at radius 1 is 1.24 bits per heavy atom. The molecule has 0 aliphatic heterocycles. The maximum atomic E-state index is 10.3. The number of aromatic nitrogens is 1. The van der Waals surface area contributed by atoms with Crippen molar-refractivity contribution in [1.82, 2.24) is 4.98 Å². The molecule has 1 unspecified atom stereocenters. The van der Waals surface area contributed by atoms with Crippen LogP contribution in [0.1, 0.15) is 47.8 Å². The molecule has 2 nitrogen and oxygen atoms in total. The van der Waals surface area contributed by atoms with Crippen molar-refractivity contribution in [2.45, 2.75) is 45.6 Å². The Morgan fingerprint density at radius 3 is 2.88 bits per heavy atom. The third-order valence-electron chi connectivity index (χ3n) is 3.85. The van der Waals surface area contributed by atoms with Gasteiger partial charge in [-0.1, -0.05) is 12.5 Å². The Bertz CT molecular complexity index is 568. The average Bonchev–Trinajstić information content (AvgIpc) is 2.53. The van der Waals surface area contributed by atoms with Gasteiger partial charge in [-0.3, -0.25) is 0 Å². The lowest BCUT2D eigenvalue weighted by molar-refractivity contribution is 0.168. The van der Waals surface area contributed by atoms with E-state index in [2.05, 4.69) is 31.0 Å². The molecule has 1 atom stereocenters. The van der Waals surface area contributed by atoms with Gasteiger partial charge in [0.1, 0.15) is 0 Å². The summed E-state index contributed by atoms with van der Waals surface area (Å²) in [5.41, 5.74) is 6.15. The second-order valence-corrected chi connectivity index (χ2v) is 5.28. The smallest absolute Gasteiger partial charge is 0.0813 e. The lowest BCUT2D eigenvalue weighted by Gasteiger charge is -2.09. The van der Waals surface area contributed by atoms with E-state index in [4.69, 9.17) is 0 Å². The SMILES string of the molecule is Cc1cc(C)c2c3c([nH]c2c1)CCCCC3O. The summed E-state index contributed by atoms with van der Waals surface area (Å²) in [4.78, 5) is 3.51. The van der Waals surface area contributed by atoms with Gasteiger partial charge in [0.25, 0.3) is 0 Å². The summed E-state index contributed by atoms with van der Waals surface area (Å²) >= 11 is 0. The summed E-state index contributed by atoms with van der Waals surface area (Å²) < 4.78 is 0. The molecule has 90 valence electrons. The number of rotatable bonds is 0. The first-order valence-electron chi connectivity index (χ1n) is 6.46. The van der Waals surface area contributed by atoms with Gasteiger partial charge in [0.15, 0.2) is 0 Å². The van der Waals surface area contributed by atoms with Crippen LogP contribution in [0, 0.1) is 13.8 Å². The summed E-state index contributed by atoms with van der Waals surface area (Å²) in [7, 11) is 0. The van der Waals surface area contributed by atoms with Gasteiger partial charge < -0.3 is 10.1 Å². The molecule has 2 N–H and O–H groups in total. The number of benzene rings is 1. The fraction of sp³-hybridized carbons (Fsp3) is 0.467. The van der Waals surface area contributed by atoms with Crippen LogP contribution in [0.15, 0.2) is 12.1 Å². The quantitative estimate of drug-likeness (QED) is 0.666. The van der Waals surface area contributed by atoms with Crippen molar-refractivity contribution in [3.63, 3.8) is 0 Å². The van der Waals surface area contributed by atoms with Crippen LogP contribution >= 0.6 is 0 Å². The highest BCUT2D eigenvalue weighted by atomic mass is 16.3. The number of H-pyrrole nitrogens is 1. The number of aryl methyl sites for hydroxylation is 3. The molecule has 0 radical (unpaired) electrons. The molecule has 1 aromatic heterocycles. The molecular weight excluding hydrogens is 210 g/mol. The van der Waals surface area contributed by atoms with Crippen LogP contribution in [0.25, 0.3) is 10.9 Å². The molecule has 1 aliphatic rings. The Kier molecular flexibility index (Phi) is 2.48.